The maximum absolute atomic E-state index is 10.8. The lowest BCUT2D eigenvalue weighted by atomic mass is 10.0. The van der Waals surface area contributed by atoms with Gasteiger partial charge in [-0.25, -0.2) is 0 Å². The van der Waals surface area contributed by atoms with Crippen molar-refractivity contribution < 1.29 is 9.90 Å². The Balaban J connectivity index is 2.53. The molecule has 0 aromatic rings. The van der Waals surface area contributed by atoms with Gasteiger partial charge in [-0.2, -0.15) is 0 Å². The number of aliphatic carboxylic acids is 1. The molecule has 3 N–H and O–H groups in total. The molecule has 74 valence electrons. The zero-order valence-corrected chi connectivity index (χ0v) is 7.92. The molecule has 13 heavy (non-hydrogen) atoms. The Labute approximate surface area is 78.0 Å². The van der Waals surface area contributed by atoms with Crippen LogP contribution in [0.2, 0.25) is 0 Å². The number of rotatable bonds is 3. The molecule has 0 aliphatic carbocycles. The molecule has 1 saturated heterocycles. The second-order valence-electron chi connectivity index (χ2n) is 3.88. The molecule has 0 bridgehead atoms. The average Bonchev–Trinajstić information content (AvgIpc) is 2.32. The first-order valence-electron chi connectivity index (χ1n) is 4.33. The van der Waals surface area contributed by atoms with Crippen LogP contribution in [0.5, 0.6) is 0 Å². The Hall–Kier alpha value is -0.870. The van der Waals surface area contributed by atoms with Crippen molar-refractivity contribution in [2.45, 2.75) is 18.9 Å². The smallest absolute Gasteiger partial charge is 0.325 e. The Bertz CT molecular complexity index is 240. The normalized spacial score (nSPS) is 29.1. The number of nitrogens with zero attached hydrogens (tertiary/aromatic N) is 1. The molecule has 1 aliphatic rings. The van der Waals surface area contributed by atoms with E-state index in [9.17, 15) is 4.79 Å². The predicted molar refractivity (Wildman–Crippen MR) is 50.4 cm³/mol. The third-order valence-corrected chi connectivity index (χ3v) is 2.30. The van der Waals surface area contributed by atoms with Crippen molar-refractivity contribution in [3.63, 3.8) is 0 Å². The quantitative estimate of drug-likeness (QED) is 0.608. The third kappa shape index (κ3) is 2.29. The highest BCUT2D eigenvalue weighted by Gasteiger charge is 2.40. The first-order chi connectivity index (χ1) is 5.94. The first-order valence-corrected chi connectivity index (χ1v) is 4.33. The van der Waals surface area contributed by atoms with E-state index in [1.165, 1.54) is 0 Å². The van der Waals surface area contributed by atoms with E-state index in [4.69, 9.17) is 10.8 Å². The molecular weight excluding hydrogens is 168 g/mol. The fraction of sp³-hybridized carbons (Fsp3) is 0.667. The van der Waals surface area contributed by atoms with Gasteiger partial charge in [0, 0.05) is 19.6 Å². The number of carboxylic acid groups (broad SMARTS) is 1. The largest absolute Gasteiger partial charge is 0.480 e. The van der Waals surface area contributed by atoms with E-state index in [1.54, 1.807) is 0 Å². The van der Waals surface area contributed by atoms with Crippen LogP contribution >= 0.6 is 0 Å². The lowest BCUT2D eigenvalue weighted by Crippen LogP contribution is -2.50. The second kappa shape index (κ2) is 3.47. The van der Waals surface area contributed by atoms with Gasteiger partial charge in [-0.1, -0.05) is 12.2 Å². The molecule has 0 amide bonds. The molecule has 4 nitrogen and oxygen atoms in total. The SMILES string of the molecule is C=C(C)CN1CCC(N)(C(=O)O)C1. The fourth-order valence-corrected chi connectivity index (χ4v) is 1.61. The summed E-state index contributed by atoms with van der Waals surface area (Å²) >= 11 is 0. The Kier molecular flexibility index (Phi) is 2.73. The summed E-state index contributed by atoms with van der Waals surface area (Å²) in [5, 5.41) is 8.85. The van der Waals surface area contributed by atoms with E-state index in [0.717, 1.165) is 18.7 Å². The summed E-state index contributed by atoms with van der Waals surface area (Å²) in [6.07, 6.45) is 0.523. The van der Waals surface area contributed by atoms with Crippen LogP contribution in [0, 0.1) is 0 Å². The molecule has 1 unspecified atom stereocenters. The van der Waals surface area contributed by atoms with Gasteiger partial charge in [0.25, 0.3) is 0 Å². The minimum Gasteiger partial charge on any atom is -0.480 e. The van der Waals surface area contributed by atoms with Crippen molar-refractivity contribution in [1.29, 1.82) is 0 Å². The summed E-state index contributed by atoms with van der Waals surface area (Å²) in [4.78, 5) is 12.8. The Morgan fingerprint density at radius 3 is 2.77 bits per heavy atom. The minimum atomic E-state index is -1.05. The van der Waals surface area contributed by atoms with Gasteiger partial charge in [0.05, 0.1) is 0 Å². The molecule has 0 spiro atoms. The lowest BCUT2D eigenvalue weighted by Gasteiger charge is -2.19. The highest BCUT2D eigenvalue weighted by atomic mass is 16.4. The van der Waals surface area contributed by atoms with Crippen LogP contribution in [-0.4, -0.2) is 41.1 Å². The summed E-state index contributed by atoms with van der Waals surface area (Å²) in [6, 6.07) is 0. The molecule has 0 radical (unpaired) electrons. The van der Waals surface area contributed by atoms with Crippen LogP contribution in [0.3, 0.4) is 0 Å². The third-order valence-electron chi connectivity index (χ3n) is 2.30. The van der Waals surface area contributed by atoms with Crippen LogP contribution in [0.25, 0.3) is 0 Å². The van der Waals surface area contributed by atoms with Crippen molar-refractivity contribution in [1.82, 2.24) is 4.90 Å². The number of hydrogen-bond donors (Lipinski definition) is 2. The van der Waals surface area contributed by atoms with Gasteiger partial charge in [0.15, 0.2) is 0 Å². The Morgan fingerprint density at radius 1 is 1.77 bits per heavy atom. The van der Waals surface area contributed by atoms with Crippen LogP contribution in [-0.2, 0) is 4.79 Å². The second-order valence-corrected chi connectivity index (χ2v) is 3.88. The maximum Gasteiger partial charge on any atom is 0.325 e. The van der Waals surface area contributed by atoms with Crippen LogP contribution in [0.1, 0.15) is 13.3 Å². The van der Waals surface area contributed by atoms with Gasteiger partial charge in [-0.15, -0.1) is 0 Å². The van der Waals surface area contributed by atoms with Crippen molar-refractivity contribution >= 4 is 5.97 Å². The molecular formula is C9H16N2O2. The van der Waals surface area contributed by atoms with E-state index in [-0.39, 0.29) is 0 Å². The molecule has 1 rings (SSSR count). The van der Waals surface area contributed by atoms with Gasteiger partial charge in [0.2, 0.25) is 0 Å². The van der Waals surface area contributed by atoms with E-state index in [1.807, 2.05) is 11.8 Å². The van der Waals surface area contributed by atoms with Crippen LogP contribution in [0.15, 0.2) is 12.2 Å². The summed E-state index contributed by atoms with van der Waals surface area (Å²) in [5.41, 5.74) is 5.69. The number of likely N-dealkylation sites (tertiary alicyclic amines) is 1. The Morgan fingerprint density at radius 2 is 2.38 bits per heavy atom. The molecule has 1 aliphatic heterocycles. The lowest BCUT2D eigenvalue weighted by molar-refractivity contribution is -0.142. The molecule has 1 fully saturated rings. The zero-order valence-electron chi connectivity index (χ0n) is 7.92. The number of nitrogens with two attached hydrogens (primary N) is 1. The highest BCUT2D eigenvalue weighted by molar-refractivity contribution is 5.79. The van der Waals surface area contributed by atoms with Gasteiger partial charge < -0.3 is 10.8 Å². The standard InChI is InChI=1S/C9H16N2O2/c1-7(2)5-11-4-3-9(10,6-11)8(12)13/h1,3-6,10H2,2H3,(H,12,13). The maximum atomic E-state index is 10.8. The van der Waals surface area contributed by atoms with Gasteiger partial charge >= 0.3 is 5.97 Å². The van der Waals surface area contributed by atoms with Crippen molar-refractivity contribution in [2.24, 2.45) is 5.73 Å². The molecule has 0 aromatic carbocycles. The summed E-state index contributed by atoms with van der Waals surface area (Å²) in [7, 11) is 0. The summed E-state index contributed by atoms with van der Waals surface area (Å²) < 4.78 is 0. The fourth-order valence-electron chi connectivity index (χ4n) is 1.61. The summed E-state index contributed by atoms with van der Waals surface area (Å²) in [5.74, 6) is -0.906. The van der Waals surface area contributed by atoms with Gasteiger partial charge in [-0.05, 0) is 13.3 Å². The van der Waals surface area contributed by atoms with E-state index >= 15 is 0 Å². The number of hydrogen-bond acceptors (Lipinski definition) is 3. The van der Waals surface area contributed by atoms with Crippen molar-refractivity contribution in [2.75, 3.05) is 19.6 Å². The first kappa shape index (κ1) is 10.2. The topological polar surface area (TPSA) is 66.6 Å². The van der Waals surface area contributed by atoms with E-state index in [2.05, 4.69) is 6.58 Å². The van der Waals surface area contributed by atoms with Crippen LogP contribution in [0.4, 0.5) is 0 Å². The molecule has 4 heteroatoms. The monoisotopic (exact) mass is 184 g/mol. The number of carboxylic acids is 1. The summed E-state index contributed by atoms with van der Waals surface area (Å²) in [6.45, 7) is 7.62. The highest BCUT2D eigenvalue weighted by Crippen LogP contribution is 2.19. The minimum absolute atomic E-state index is 0.426. The zero-order chi connectivity index (χ0) is 10.1. The molecule has 1 heterocycles. The van der Waals surface area contributed by atoms with E-state index in [0.29, 0.717) is 13.0 Å². The predicted octanol–water partition coefficient (Wildman–Crippen LogP) is 0.0503. The molecule has 0 aromatic heterocycles. The van der Waals surface area contributed by atoms with Crippen molar-refractivity contribution in [3.8, 4) is 0 Å². The number of carbonyl (C=O) groups is 1. The van der Waals surface area contributed by atoms with E-state index < -0.39 is 11.5 Å². The van der Waals surface area contributed by atoms with Gasteiger partial charge in [0.1, 0.15) is 5.54 Å². The van der Waals surface area contributed by atoms with Crippen molar-refractivity contribution in [3.05, 3.63) is 12.2 Å². The molecule has 1 atom stereocenters. The molecule has 0 saturated carbocycles. The average molecular weight is 184 g/mol. The van der Waals surface area contributed by atoms with Gasteiger partial charge in [-0.3, -0.25) is 9.69 Å². The van der Waals surface area contributed by atoms with Crippen LogP contribution < -0.4 is 5.73 Å².